The summed E-state index contributed by atoms with van der Waals surface area (Å²) in [6.45, 7) is 4.60. The van der Waals surface area contributed by atoms with Crippen LogP contribution in [0.15, 0.2) is 72.9 Å². The number of esters is 2. The Morgan fingerprint density at radius 2 is 0.760 bits per heavy atom. The van der Waals surface area contributed by atoms with Crippen molar-refractivity contribution < 1.29 is 42.9 Å². The Morgan fingerprint density at radius 3 is 1.15 bits per heavy atom. The molecule has 9 heteroatoms. The molecule has 2 atom stereocenters. The summed E-state index contributed by atoms with van der Waals surface area (Å²) in [4.78, 5) is 37.2. The van der Waals surface area contributed by atoms with Gasteiger partial charge in [-0.1, -0.05) is 254 Å². The number of unbranched alkanes of at least 4 members (excludes halogenated alkanes) is 30. The number of carboxylic acids is 1. The number of hydrogen-bond acceptors (Lipinski definition) is 8. The van der Waals surface area contributed by atoms with E-state index in [9.17, 15) is 19.5 Å². The van der Waals surface area contributed by atoms with Crippen LogP contribution in [-0.4, -0.2) is 82.3 Å². The zero-order valence-corrected chi connectivity index (χ0v) is 49.4. The number of hydrogen-bond donors (Lipinski definition) is 0. The molecular formula is C66H117NO8. The predicted molar refractivity (Wildman–Crippen MR) is 315 cm³/mol. The molecule has 0 aromatic carbocycles. The molecule has 0 amide bonds. The number of aliphatic carboxylic acids is 1. The minimum Gasteiger partial charge on any atom is -0.545 e. The van der Waals surface area contributed by atoms with Gasteiger partial charge in [0, 0.05) is 12.8 Å². The summed E-state index contributed by atoms with van der Waals surface area (Å²) in [5, 5.41) is 11.7. The van der Waals surface area contributed by atoms with Crippen molar-refractivity contribution in [2.45, 2.75) is 283 Å². The third kappa shape index (κ3) is 58.3. The Labute approximate surface area is 462 Å². The van der Waals surface area contributed by atoms with E-state index in [0.717, 1.165) is 89.9 Å². The lowest BCUT2D eigenvalue weighted by atomic mass is 10.0. The minimum atomic E-state index is -1.62. The Kier molecular flexibility index (Phi) is 54.4. The smallest absolute Gasteiger partial charge is 0.306 e. The predicted octanol–water partition coefficient (Wildman–Crippen LogP) is 17.2. The van der Waals surface area contributed by atoms with E-state index >= 15 is 0 Å². The van der Waals surface area contributed by atoms with Crippen LogP contribution in [0.25, 0.3) is 0 Å². The zero-order valence-electron chi connectivity index (χ0n) is 49.4. The lowest BCUT2D eigenvalue weighted by Gasteiger charge is -2.26. The second-order valence-corrected chi connectivity index (χ2v) is 22.0. The molecule has 0 aromatic heterocycles. The van der Waals surface area contributed by atoms with Gasteiger partial charge in [0.05, 0.1) is 40.3 Å². The van der Waals surface area contributed by atoms with E-state index in [-0.39, 0.29) is 38.6 Å². The molecule has 0 radical (unpaired) electrons. The van der Waals surface area contributed by atoms with Gasteiger partial charge in [0.15, 0.2) is 12.4 Å². The molecular weight excluding hydrogens is 935 g/mol. The molecule has 0 aliphatic rings. The second-order valence-electron chi connectivity index (χ2n) is 22.0. The lowest BCUT2D eigenvalue weighted by Crippen LogP contribution is -2.44. The summed E-state index contributed by atoms with van der Waals surface area (Å²) in [6, 6.07) is 0. The molecule has 9 nitrogen and oxygen atoms in total. The van der Waals surface area contributed by atoms with Crippen LogP contribution in [0, 0.1) is 0 Å². The molecule has 0 aliphatic heterocycles. The van der Waals surface area contributed by atoms with E-state index in [1.807, 2.05) is 21.1 Å². The van der Waals surface area contributed by atoms with Gasteiger partial charge in [0.2, 0.25) is 0 Å². The zero-order chi connectivity index (χ0) is 54.8. The standard InChI is InChI=1S/C66H117NO8/c1-6-8-10-12-14-16-18-19-20-21-22-23-24-25-26-27-28-29-30-31-32-33-34-35-36-37-38-39-40-41-42-43-44-45-47-49-51-53-55-57-64(69)75-62(61-74-66(65(70)71)72-59-58-67(3,4)5)60-73-63(68)56-54-52-50-48-46-17-15-13-11-9-7-2/h8,10,13-16,19-20,22-23,25-26,62,66H,6-7,9,11-12,17-18,21,24,27-61H2,1-5H3/b10-8-,15-13-,16-14-,20-19-,23-22-,26-25-. The number of carbonyl (C=O) groups is 3. The summed E-state index contributed by atoms with van der Waals surface area (Å²) in [5.41, 5.74) is 0. The largest absolute Gasteiger partial charge is 0.545 e. The number of quaternary nitrogens is 1. The van der Waals surface area contributed by atoms with E-state index in [1.54, 1.807) is 0 Å². The molecule has 0 aliphatic carbocycles. The van der Waals surface area contributed by atoms with Gasteiger partial charge in [0.25, 0.3) is 0 Å². The SMILES string of the molecule is CC/C=C\C/C=C\C/C=C\C/C=C\C/C=C\CCCCCCCCCCCCCCCCCCCCCCCCCC(=O)OC(COC(=O)CCCCCCC/C=C\CCCC)COC(OCC[N+](C)(C)C)C(=O)[O-]. The lowest BCUT2D eigenvalue weighted by molar-refractivity contribution is -0.870. The summed E-state index contributed by atoms with van der Waals surface area (Å²) in [5.74, 6) is -2.29. The van der Waals surface area contributed by atoms with E-state index in [1.165, 1.54) is 148 Å². The Balaban J connectivity index is 3.93. The first-order chi connectivity index (χ1) is 36.6. The van der Waals surface area contributed by atoms with Gasteiger partial charge in [-0.05, 0) is 77.0 Å². The van der Waals surface area contributed by atoms with Crippen molar-refractivity contribution in [3.05, 3.63) is 72.9 Å². The van der Waals surface area contributed by atoms with Crippen LogP contribution in [0.3, 0.4) is 0 Å². The summed E-state index contributed by atoms with van der Waals surface area (Å²) >= 11 is 0. The highest BCUT2D eigenvalue weighted by atomic mass is 16.7. The van der Waals surface area contributed by atoms with Crippen molar-refractivity contribution in [1.29, 1.82) is 0 Å². The fraction of sp³-hybridized carbons (Fsp3) is 0.773. The van der Waals surface area contributed by atoms with Crippen molar-refractivity contribution in [2.24, 2.45) is 0 Å². The van der Waals surface area contributed by atoms with Crippen LogP contribution >= 0.6 is 0 Å². The van der Waals surface area contributed by atoms with Crippen LogP contribution in [0.4, 0.5) is 0 Å². The Hall–Kier alpha value is -3.27. The van der Waals surface area contributed by atoms with E-state index in [0.29, 0.717) is 17.4 Å². The van der Waals surface area contributed by atoms with Crippen molar-refractivity contribution in [3.63, 3.8) is 0 Å². The molecule has 0 saturated carbocycles. The highest BCUT2D eigenvalue weighted by molar-refractivity contribution is 5.70. The maximum Gasteiger partial charge on any atom is 0.306 e. The van der Waals surface area contributed by atoms with Gasteiger partial charge in [-0.25, -0.2) is 0 Å². The number of carbonyl (C=O) groups excluding carboxylic acids is 3. The third-order valence-electron chi connectivity index (χ3n) is 13.4. The van der Waals surface area contributed by atoms with Crippen molar-refractivity contribution in [1.82, 2.24) is 0 Å². The van der Waals surface area contributed by atoms with Gasteiger partial charge in [-0.15, -0.1) is 0 Å². The first kappa shape index (κ1) is 71.7. The summed E-state index contributed by atoms with van der Waals surface area (Å²) < 4.78 is 22.6. The minimum absolute atomic E-state index is 0.147. The molecule has 0 bridgehead atoms. The number of carboxylic acid groups (broad SMARTS) is 1. The van der Waals surface area contributed by atoms with Gasteiger partial charge in [0.1, 0.15) is 13.2 Å². The third-order valence-corrected chi connectivity index (χ3v) is 13.4. The van der Waals surface area contributed by atoms with Gasteiger partial charge >= 0.3 is 11.9 Å². The quantitative estimate of drug-likeness (QED) is 0.0195. The molecule has 0 spiro atoms. The average molecular weight is 1050 g/mol. The fourth-order valence-corrected chi connectivity index (χ4v) is 8.66. The van der Waals surface area contributed by atoms with Gasteiger partial charge in [-0.3, -0.25) is 9.59 Å². The monoisotopic (exact) mass is 1050 g/mol. The maximum absolute atomic E-state index is 12.8. The molecule has 434 valence electrons. The number of nitrogens with zero attached hydrogens (tertiary/aromatic N) is 1. The summed E-state index contributed by atoms with van der Waals surface area (Å²) in [6.07, 6.45) is 71.4. The Bertz CT molecular complexity index is 1460. The highest BCUT2D eigenvalue weighted by Crippen LogP contribution is 2.17. The topological polar surface area (TPSA) is 111 Å². The first-order valence-corrected chi connectivity index (χ1v) is 31.1. The van der Waals surface area contributed by atoms with Crippen LogP contribution in [0.2, 0.25) is 0 Å². The molecule has 0 N–H and O–H groups in total. The molecule has 0 heterocycles. The van der Waals surface area contributed by atoms with Crippen LogP contribution in [0.5, 0.6) is 0 Å². The van der Waals surface area contributed by atoms with E-state index in [2.05, 4.69) is 86.8 Å². The van der Waals surface area contributed by atoms with Crippen molar-refractivity contribution in [3.8, 4) is 0 Å². The van der Waals surface area contributed by atoms with E-state index in [4.69, 9.17) is 18.9 Å². The molecule has 0 rings (SSSR count). The molecule has 0 fully saturated rings. The van der Waals surface area contributed by atoms with Crippen LogP contribution in [-0.2, 0) is 33.3 Å². The average Bonchev–Trinajstić information content (AvgIpc) is 3.38. The second kappa shape index (κ2) is 56.9. The van der Waals surface area contributed by atoms with Crippen LogP contribution < -0.4 is 5.11 Å². The molecule has 0 aromatic rings. The number of likely N-dealkylation sites (N-methyl/N-ethyl adjacent to an activating group) is 1. The van der Waals surface area contributed by atoms with Crippen LogP contribution in [0.1, 0.15) is 271 Å². The van der Waals surface area contributed by atoms with E-state index < -0.39 is 24.3 Å². The summed E-state index contributed by atoms with van der Waals surface area (Å²) in [7, 11) is 5.92. The number of ether oxygens (including phenoxy) is 4. The number of rotatable bonds is 57. The van der Waals surface area contributed by atoms with Crippen molar-refractivity contribution >= 4 is 17.9 Å². The Morgan fingerprint density at radius 1 is 0.413 bits per heavy atom. The normalized spacial score (nSPS) is 13.2. The van der Waals surface area contributed by atoms with Crippen molar-refractivity contribution in [2.75, 3.05) is 47.5 Å². The highest BCUT2D eigenvalue weighted by Gasteiger charge is 2.22. The molecule has 2 unspecified atom stereocenters. The molecule has 0 saturated heterocycles. The molecule has 75 heavy (non-hydrogen) atoms. The van der Waals surface area contributed by atoms with Gasteiger partial charge < -0.3 is 33.3 Å². The maximum atomic E-state index is 12.8. The first-order valence-electron chi connectivity index (χ1n) is 31.1. The van der Waals surface area contributed by atoms with Gasteiger partial charge in [-0.2, -0.15) is 0 Å². The fourth-order valence-electron chi connectivity index (χ4n) is 8.66. The number of allylic oxidation sites excluding steroid dienone is 12.